The van der Waals surface area contributed by atoms with Crippen molar-refractivity contribution in [1.29, 1.82) is 5.26 Å². The van der Waals surface area contributed by atoms with Crippen LogP contribution in [-0.2, 0) is 4.79 Å². The minimum absolute atomic E-state index is 0.000925. The van der Waals surface area contributed by atoms with Crippen LogP contribution in [0.15, 0.2) is 16.6 Å². The molecule has 0 amide bonds. The van der Waals surface area contributed by atoms with E-state index in [1.807, 2.05) is 6.07 Å². The van der Waals surface area contributed by atoms with Gasteiger partial charge in [0.2, 0.25) is 0 Å². The minimum atomic E-state index is -0.892. The summed E-state index contributed by atoms with van der Waals surface area (Å²) in [6.07, 6.45) is 0.360. The van der Waals surface area contributed by atoms with E-state index in [1.165, 1.54) is 12.1 Å². The summed E-state index contributed by atoms with van der Waals surface area (Å²) in [5, 5.41) is 20.4. The minimum Gasteiger partial charge on any atom is -0.481 e. The maximum atomic E-state index is 14.0. The maximum Gasteiger partial charge on any atom is 0.303 e. The number of benzene rings is 1. The standard InChI is InChI=1S/C13H14BrFN2O2/c1-13(2,6-5-10(18)19)17-9-4-3-8(7-16)11(14)12(9)15/h3-4,17H,5-6H2,1-2H3,(H,18,19). The second kappa shape index (κ2) is 6.02. The van der Waals surface area contributed by atoms with Crippen LogP contribution in [0.1, 0.15) is 32.3 Å². The van der Waals surface area contributed by atoms with Crippen LogP contribution in [0.25, 0.3) is 0 Å². The first-order valence-electron chi connectivity index (χ1n) is 5.65. The third-order valence-electron chi connectivity index (χ3n) is 2.64. The number of rotatable bonds is 5. The monoisotopic (exact) mass is 328 g/mol. The van der Waals surface area contributed by atoms with Crippen molar-refractivity contribution >= 4 is 27.6 Å². The Hall–Kier alpha value is -1.61. The van der Waals surface area contributed by atoms with Crippen molar-refractivity contribution in [1.82, 2.24) is 0 Å². The van der Waals surface area contributed by atoms with E-state index < -0.39 is 17.3 Å². The van der Waals surface area contributed by atoms with Gasteiger partial charge in [0.05, 0.1) is 15.7 Å². The van der Waals surface area contributed by atoms with Crippen molar-refractivity contribution in [2.45, 2.75) is 32.2 Å². The zero-order chi connectivity index (χ0) is 14.6. The molecule has 0 spiro atoms. The van der Waals surface area contributed by atoms with Crippen LogP contribution in [0.5, 0.6) is 0 Å². The number of nitriles is 1. The topological polar surface area (TPSA) is 73.1 Å². The number of carbonyl (C=O) groups is 1. The molecule has 2 N–H and O–H groups in total. The molecule has 0 aromatic heterocycles. The third-order valence-corrected chi connectivity index (χ3v) is 3.41. The zero-order valence-electron chi connectivity index (χ0n) is 10.6. The predicted molar refractivity (Wildman–Crippen MR) is 73.4 cm³/mol. The summed E-state index contributed by atoms with van der Waals surface area (Å²) in [6, 6.07) is 4.85. The van der Waals surface area contributed by atoms with Gasteiger partial charge >= 0.3 is 5.97 Å². The van der Waals surface area contributed by atoms with Gasteiger partial charge in [-0.1, -0.05) is 0 Å². The molecule has 1 aromatic carbocycles. The highest BCUT2D eigenvalue weighted by Gasteiger charge is 2.21. The predicted octanol–water partition coefficient (Wildman–Crippen LogP) is 3.52. The molecule has 0 heterocycles. The average molecular weight is 329 g/mol. The van der Waals surface area contributed by atoms with Crippen molar-refractivity contribution in [3.8, 4) is 6.07 Å². The summed E-state index contributed by atoms with van der Waals surface area (Å²) < 4.78 is 14.1. The number of anilines is 1. The zero-order valence-corrected chi connectivity index (χ0v) is 12.2. The van der Waals surface area contributed by atoms with Gasteiger partial charge < -0.3 is 10.4 Å². The molecule has 1 aromatic rings. The van der Waals surface area contributed by atoms with Gasteiger partial charge in [0, 0.05) is 12.0 Å². The van der Waals surface area contributed by atoms with Gasteiger partial charge in [0.25, 0.3) is 0 Å². The largest absolute Gasteiger partial charge is 0.481 e. The highest BCUT2D eigenvalue weighted by atomic mass is 79.9. The van der Waals surface area contributed by atoms with Crippen molar-refractivity contribution in [2.75, 3.05) is 5.32 Å². The number of hydrogen-bond donors (Lipinski definition) is 2. The van der Waals surface area contributed by atoms with Crippen molar-refractivity contribution in [3.05, 3.63) is 28.0 Å². The SMILES string of the molecule is CC(C)(CCC(=O)O)Nc1ccc(C#N)c(Br)c1F. The van der Waals surface area contributed by atoms with Gasteiger partial charge in [-0.2, -0.15) is 5.26 Å². The summed E-state index contributed by atoms with van der Waals surface area (Å²) in [4.78, 5) is 10.6. The van der Waals surface area contributed by atoms with E-state index in [2.05, 4.69) is 21.2 Å². The molecule has 0 bridgehead atoms. The maximum absolute atomic E-state index is 14.0. The third kappa shape index (κ3) is 4.21. The molecule has 0 unspecified atom stereocenters. The molecule has 1 rings (SSSR count). The lowest BCUT2D eigenvalue weighted by Gasteiger charge is -2.27. The van der Waals surface area contributed by atoms with Crippen LogP contribution in [0.3, 0.4) is 0 Å². The van der Waals surface area contributed by atoms with E-state index in [0.717, 1.165) is 0 Å². The first-order valence-corrected chi connectivity index (χ1v) is 6.44. The lowest BCUT2D eigenvalue weighted by atomic mass is 9.97. The molecule has 19 heavy (non-hydrogen) atoms. The Kier molecular flexibility index (Phi) is 4.90. The second-order valence-corrected chi connectivity index (χ2v) is 5.60. The van der Waals surface area contributed by atoms with Gasteiger partial charge in [-0.25, -0.2) is 4.39 Å². The molecule has 6 heteroatoms. The quantitative estimate of drug-likeness (QED) is 0.867. The molecule has 0 fully saturated rings. The molecule has 0 aliphatic heterocycles. The number of carboxylic acid groups (broad SMARTS) is 1. The fourth-order valence-electron chi connectivity index (χ4n) is 1.58. The smallest absolute Gasteiger partial charge is 0.303 e. The fourth-order valence-corrected chi connectivity index (χ4v) is 2.01. The van der Waals surface area contributed by atoms with Gasteiger partial charge in [0.1, 0.15) is 6.07 Å². The van der Waals surface area contributed by atoms with Crippen molar-refractivity contribution < 1.29 is 14.3 Å². The van der Waals surface area contributed by atoms with Gasteiger partial charge in [-0.3, -0.25) is 4.79 Å². The number of hydrogen-bond acceptors (Lipinski definition) is 3. The Morgan fingerprint density at radius 1 is 1.58 bits per heavy atom. The summed E-state index contributed by atoms with van der Waals surface area (Å²) in [5.74, 6) is -1.45. The lowest BCUT2D eigenvalue weighted by molar-refractivity contribution is -0.137. The molecule has 0 saturated carbocycles. The second-order valence-electron chi connectivity index (χ2n) is 4.80. The molecule has 0 aliphatic carbocycles. The Morgan fingerprint density at radius 2 is 2.21 bits per heavy atom. The summed E-state index contributed by atoms with van der Waals surface area (Å²) in [5.41, 5.74) is -0.111. The molecular formula is C13H14BrFN2O2. The number of aliphatic carboxylic acids is 1. The Bertz CT molecular complexity index is 538. The molecule has 0 aliphatic rings. The van der Waals surface area contributed by atoms with Gasteiger partial charge in [-0.05, 0) is 48.3 Å². The molecule has 0 radical (unpaired) electrons. The van der Waals surface area contributed by atoms with Crippen molar-refractivity contribution in [2.24, 2.45) is 0 Å². The fraction of sp³-hybridized carbons (Fsp3) is 0.385. The Morgan fingerprint density at radius 3 is 2.74 bits per heavy atom. The first kappa shape index (κ1) is 15.4. The highest BCUT2D eigenvalue weighted by molar-refractivity contribution is 9.10. The normalized spacial score (nSPS) is 10.9. The van der Waals surface area contributed by atoms with E-state index >= 15 is 0 Å². The summed E-state index contributed by atoms with van der Waals surface area (Å²) >= 11 is 3.03. The molecule has 4 nitrogen and oxygen atoms in total. The van der Waals surface area contributed by atoms with E-state index in [-0.39, 0.29) is 22.1 Å². The highest BCUT2D eigenvalue weighted by Crippen LogP contribution is 2.29. The molecule has 0 saturated heterocycles. The van der Waals surface area contributed by atoms with E-state index in [4.69, 9.17) is 10.4 Å². The molecular weight excluding hydrogens is 315 g/mol. The Balaban J connectivity index is 2.91. The van der Waals surface area contributed by atoms with Crippen molar-refractivity contribution in [3.63, 3.8) is 0 Å². The van der Waals surface area contributed by atoms with E-state index in [1.54, 1.807) is 13.8 Å². The van der Waals surface area contributed by atoms with Crippen LogP contribution in [-0.4, -0.2) is 16.6 Å². The summed E-state index contributed by atoms with van der Waals surface area (Å²) in [6.45, 7) is 3.59. The number of nitrogens with zero attached hydrogens (tertiary/aromatic N) is 1. The Labute approximate surface area is 119 Å². The summed E-state index contributed by atoms with van der Waals surface area (Å²) in [7, 11) is 0. The van der Waals surface area contributed by atoms with Crippen LogP contribution in [0.2, 0.25) is 0 Å². The number of nitrogens with one attached hydrogen (secondary N) is 1. The van der Waals surface area contributed by atoms with Gasteiger partial charge in [-0.15, -0.1) is 0 Å². The van der Waals surface area contributed by atoms with E-state index in [0.29, 0.717) is 6.42 Å². The lowest BCUT2D eigenvalue weighted by Crippen LogP contribution is -2.32. The van der Waals surface area contributed by atoms with Gasteiger partial charge in [0.15, 0.2) is 5.82 Å². The first-order chi connectivity index (χ1) is 8.76. The average Bonchev–Trinajstić information content (AvgIpc) is 2.33. The van der Waals surface area contributed by atoms with Crippen LogP contribution in [0.4, 0.5) is 10.1 Å². The number of carboxylic acids is 1. The van der Waals surface area contributed by atoms with Crippen LogP contribution >= 0.6 is 15.9 Å². The molecule has 0 atom stereocenters. The van der Waals surface area contributed by atoms with Crippen LogP contribution in [0, 0.1) is 17.1 Å². The number of halogens is 2. The van der Waals surface area contributed by atoms with E-state index in [9.17, 15) is 9.18 Å². The molecule has 102 valence electrons. The van der Waals surface area contributed by atoms with Crippen LogP contribution < -0.4 is 5.32 Å².